The van der Waals surface area contributed by atoms with E-state index in [-0.39, 0.29) is 0 Å². The van der Waals surface area contributed by atoms with Gasteiger partial charge in [-0.05, 0) is 11.1 Å². The van der Waals surface area contributed by atoms with Crippen LogP contribution in [0.2, 0.25) is 0 Å². The molecule has 1 aromatic carbocycles. The van der Waals surface area contributed by atoms with Crippen LogP contribution in [0.15, 0.2) is 24.3 Å². The predicted molar refractivity (Wildman–Crippen MR) is 51.6 cm³/mol. The molecule has 0 unspecified atom stereocenters. The summed E-state index contributed by atoms with van der Waals surface area (Å²) in [5.41, 5.74) is 2.24. The normalized spacial score (nSPS) is 16.9. The largest absolute Gasteiger partial charge is 0.280 e. The molecule has 0 N–H and O–H groups in total. The molecule has 5 heteroatoms. The van der Waals surface area contributed by atoms with Crippen LogP contribution < -0.4 is 0 Å². The van der Waals surface area contributed by atoms with Crippen molar-refractivity contribution in [2.24, 2.45) is 0 Å². The first-order valence-corrected chi connectivity index (χ1v) is 6.07. The minimum absolute atomic E-state index is 0.531. The second-order valence-electron chi connectivity index (χ2n) is 3.35. The summed E-state index contributed by atoms with van der Waals surface area (Å²) >= 11 is 0. The van der Waals surface area contributed by atoms with Crippen molar-refractivity contribution in [2.75, 3.05) is 6.26 Å². The first-order chi connectivity index (χ1) is 6.54. The minimum atomic E-state index is -3.40. The molecule has 14 heavy (non-hydrogen) atoms. The molecule has 1 aliphatic rings. The van der Waals surface area contributed by atoms with Gasteiger partial charge in [0.25, 0.3) is 10.1 Å². The van der Waals surface area contributed by atoms with Gasteiger partial charge in [0, 0.05) is 0 Å². The van der Waals surface area contributed by atoms with E-state index in [1.165, 1.54) is 5.06 Å². The maximum Gasteiger partial charge on any atom is 0.280 e. The average molecular weight is 213 g/mol. The van der Waals surface area contributed by atoms with E-state index in [1.807, 2.05) is 24.3 Å². The van der Waals surface area contributed by atoms with Crippen molar-refractivity contribution in [1.82, 2.24) is 5.06 Å². The molecule has 1 heterocycles. The zero-order valence-corrected chi connectivity index (χ0v) is 8.62. The van der Waals surface area contributed by atoms with E-state index < -0.39 is 10.1 Å². The maximum atomic E-state index is 10.9. The van der Waals surface area contributed by atoms with Gasteiger partial charge in [-0.15, -0.1) is 0 Å². The summed E-state index contributed by atoms with van der Waals surface area (Å²) in [5.74, 6) is 0. The van der Waals surface area contributed by atoms with Crippen LogP contribution in [0.25, 0.3) is 0 Å². The summed E-state index contributed by atoms with van der Waals surface area (Å²) in [7, 11) is -3.40. The molecule has 0 fully saturated rings. The number of fused-ring (bicyclic) bond motifs is 1. The molecule has 2 rings (SSSR count). The lowest BCUT2D eigenvalue weighted by Crippen LogP contribution is -2.21. The monoisotopic (exact) mass is 213 g/mol. The molecule has 0 bridgehead atoms. The number of hydroxylamine groups is 2. The Balaban J connectivity index is 2.13. The van der Waals surface area contributed by atoms with Gasteiger partial charge in [0.2, 0.25) is 0 Å². The van der Waals surface area contributed by atoms with Crippen LogP contribution in [-0.2, 0) is 27.5 Å². The van der Waals surface area contributed by atoms with Crippen molar-refractivity contribution >= 4 is 10.1 Å². The Morgan fingerprint density at radius 2 is 1.71 bits per heavy atom. The van der Waals surface area contributed by atoms with Gasteiger partial charge in [-0.25, -0.2) is 0 Å². The zero-order valence-electron chi connectivity index (χ0n) is 7.80. The van der Waals surface area contributed by atoms with Gasteiger partial charge < -0.3 is 0 Å². The summed E-state index contributed by atoms with van der Waals surface area (Å²) in [6.45, 7) is 1.06. The number of rotatable bonds is 2. The summed E-state index contributed by atoms with van der Waals surface area (Å²) in [4.78, 5) is 0. The molecule has 1 aromatic rings. The molecule has 0 radical (unpaired) electrons. The second kappa shape index (κ2) is 3.34. The van der Waals surface area contributed by atoms with Crippen molar-refractivity contribution in [3.8, 4) is 0 Å². The van der Waals surface area contributed by atoms with E-state index in [1.54, 1.807) is 0 Å². The lowest BCUT2D eigenvalue weighted by atomic mass is 10.1. The Hall–Kier alpha value is -0.910. The quantitative estimate of drug-likeness (QED) is 0.732. The van der Waals surface area contributed by atoms with Crippen molar-refractivity contribution in [1.29, 1.82) is 0 Å². The van der Waals surface area contributed by atoms with Crippen molar-refractivity contribution in [3.63, 3.8) is 0 Å². The smallest absolute Gasteiger partial charge is 0.198 e. The maximum absolute atomic E-state index is 10.9. The third-order valence-electron chi connectivity index (χ3n) is 2.05. The highest BCUT2D eigenvalue weighted by Gasteiger charge is 2.21. The highest BCUT2D eigenvalue weighted by Crippen LogP contribution is 2.22. The molecule has 0 saturated carbocycles. The number of hydrogen-bond acceptors (Lipinski definition) is 4. The Bertz CT molecular complexity index is 416. The van der Waals surface area contributed by atoms with Crippen LogP contribution >= 0.6 is 0 Å². The van der Waals surface area contributed by atoms with E-state index in [9.17, 15) is 8.42 Å². The second-order valence-corrected chi connectivity index (χ2v) is 4.90. The van der Waals surface area contributed by atoms with Crippen LogP contribution in [0.1, 0.15) is 11.1 Å². The molecule has 0 aromatic heterocycles. The standard InChI is InChI=1S/C9H11NO3S/c1-14(11,12)13-10-6-8-4-2-3-5-9(8)7-10/h2-5H,6-7H2,1H3. The minimum Gasteiger partial charge on any atom is -0.198 e. The Kier molecular flexibility index (Phi) is 2.30. The van der Waals surface area contributed by atoms with Crippen LogP contribution in [0.3, 0.4) is 0 Å². The average Bonchev–Trinajstić information content (AvgIpc) is 2.42. The van der Waals surface area contributed by atoms with Crippen LogP contribution in [0.4, 0.5) is 0 Å². The molecule has 4 nitrogen and oxygen atoms in total. The number of hydrogen-bond donors (Lipinski definition) is 0. The van der Waals surface area contributed by atoms with Crippen molar-refractivity contribution in [3.05, 3.63) is 35.4 Å². The Labute approximate surface area is 83.2 Å². The fourth-order valence-electron chi connectivity index (χ4n) is 1.55. The van der Waals surface area contributed by atoms with Crippen LogP contribution in [0, 0.1) is 0 Å². The first kappa shape index (κ1) is 9.64. The lowest BCUT2D eigenvalue weighted by molar-refractivity contribution is -0.0562. The summed E-state index contributed by atoms with van der Waals surface area (Å²) in [6.07, 6.45) is 1.05. The number of nitrogens with zero attached hydrogens (tertiary/aromatic N) is 1. The highest BCUT2D eigenvalue weighted by atomic mass is 32.2. The predicted octanol–water partition coefficient (Wildman–Crippen LogP) is 0.893. The van der Waals surface area contributed by atoms with E-state index in [2.05, 4.69) is 0 Å². The fraction of sp³-hybridized carbons (Fsp3) is 0.333. The van der Waals surface area contributed by atoms with Gasteiger partial charge in [0.15, 0.2) is 0 Å². The third kappa shape index (κ3) is 2.12. The van der Waals surface area contributed by atoms with Gasteiger partial charge in [0.1, 0.15) is 0 Å². The molecule has 0 amide bonds. The molecule has 0 saturated heterocycles. The van der Waals surface area contributed by atoms with E-state index >= 15 is 0 Å². The lowest BCUT2D eigenvalue weighted by Gasteiger charge is -2.11. The van der Waals surface area contributed by atoms with E-state index in [4.69, 9.17) is 4.28 Å². The van der Waals surface area contributed by atoms with Crippen molar-refractivity contribution < 1.29 is 12.7 Å². The highest BCUT2D eigenvalue weighted by molar-refractivity contribution is 7.85. The fourth-order valence-corrected chi connectivity index (χ4v) is 2.03. The SMILES string of the molecule is CS(=O)(=O)ON1Cc2ccccc2C1. The van der Waals surface area contributed by atoms with Gasteiger partial charge in [-0.1, -0.05) is 24.3 Å². The topological polar surface area (TPSA) is 46.6 Å². The van der Waals surface area contributed by atoms with Crippen molar-refractivity contribution in [2.45, 2.75) is 13.1 Å². The van der Waals surface area contributed by atoms with Crippen LogP contribution in [-0.4, -0.2) is 19.7 Å². The van der Waals surface area contributed by atoms with Gasteiger partial charge in [-0.2, -0.15) is 17.8 Å². The van der Waals surface area contributed by atoms with Gasteiger partial charge in [-0.3, -0.25) is 0 Å². The van der Waals surface area contributed by atoms with E-state index in [0.29, 0.717) is 13.1 Å². The van der Waals surface area contributed by atoms with Gasteiger partial charge in [0.05, 0.1) is 19.3 Å². The molecule has 0 aliphatic carbocycles. The summed E-state index contributed by atoms with van der Waals surface area (Å²) in [5, 5.41) is 1.44. The summed E-state index contributed by atoms with van der Waals surface area (Å²) in [6, 6.07) is 7.81. The molecular formula is C9H11NO3S. The first-order valence-electron chi connectivity index (χ1n) is 4.26. The molecule has 0 spiro atoms. The van der Waals surface area contributed by atoms with E-state index in [0.717, 1.165) is 17.4 Å². The van der Waals surface area contributed by atoms with Crippen LogP contribution in [0.5, 0.6) is 0 Å². The van der Waals surface area contributed by atoms with Gasteiger partial charge >= 0.3 is 0 Å². The molecular weight excluding hydrogens is 202 g/mol. The zero-order chi connectivity index (χ0) is 10.2. The molecule has 76 valence electrons. The Morgan fingerprint density at radius 1 is 1.21 bits per heavy atom. The third-order valence-corrected chi connectivity index (χ3v) is 2.53. The number of benzene rings is 1. The molecule has 0 atom stereocenters. The summed E-state index contributed by atoms with van der Waals surface area (Å²) < 4.78 is 26.5. The Morgan fingerprint density at radius 3 is 2.14 bits per heavy atom. The molecule has 1 aliphatic heterocycles.